The molecule has 0 radical (unpaired) electrons. The molecule has 1 fully saturated rings. The zero-order chi connectivity index (χ0) is 11.5. The summed E-state index contributed by atoms with van der Waals surface area (Å²) in [5, 5.41) is 0. The van der Waals surface area contributed by atoms with Crippen molar-refractivity contribution in [2.24, 2.45) is 5.41 Å². The van der Waals surface area contributed by atoms with Crippen molar-refractivity contribution in [3.63, 3.8) is 0 Å². The maximum Gasteiger partial charge on any atom is 0.334 e. The van der Waals surface area contributed by atoms with Crippen molar-refractivity contribution in [3.8, 4) is 0 Å². The Bertz CT molecular complexity index is 213. The van der Waals surface area contributed by atoms with Crippen LogP contribution in [0.1, 0.15) is 46.5 Å². The third-order valence-corrected chi connectivity index (χ3v) is 3.22. The molecule has 0 aromatic rings. The highest BCUT2D eigenvalue weighted by molar-refractivity contribution is 5.73. The molecule has 0 aliphatic heterocycles. The average molecular weight is 214 g/mol. The fraction of sp³-hybridized carbons (Fsp3) is 0.917. The van der Waals surface area contributed by atoms with Crippen LogP contribution in [0.25, 0.3) is 0 Å². The third kappa shape index (κ3) is 3.82. The third-order valence-electron chi connectivity index (χ3n) is 3.22. The summed E-state index contributed by atoms with van der Waals surface area (Å²) in [6.07, 6.45) is 4.24. The second-order valence-corrected chi connectivity index (χ2v) is 5.17. The number of esters is 1. The van der Waals surface area contributed by atoms with Gasteiger partial charge in [0.15, 0.2) is 6.10 Å². The minimum Gasteiger partial charge on any atom is -0.467 e. The number of rotatable bonds is 3. The summed E-state index contributed by atoms with van der Waals surface area (Å²) < 4.78 is 10.3. The Balaban J connectivity index is 2.32. The standard InChI is InChI=1S/C12H22O3/c1-9(11(13)14-4)15-10-5-7-12(2,3)8-6-10/h9-10H,5-8H2,1-4H3. The smallest absolute Gasteiger partial charge is 0.334 e. The van der Waals surface area contributed by atoms with Crippen LogP contribution in [-0.2, 0) is 14.3 Å². The summed E-state index contributed by atoms with van der Waals surface area (Å²) >= 11 is 0. The van der Waals surface area contributed by atoms with Crippen LogP contribution in [-0.4, -0.2) is 25.3 Å². The van der Waals surface area contributed by atoms with Crippen LogP contribution in [0.3, 0.4) is 0 Å². The molecule has 1 aliphatic rings. The van der Waals surface area contributed by atoms with Crippen molar-refractivity contribution in [1.82, 2.24) is 0 Å². The normalized spacial score (nSPS) is 23.5. The first kappa shape index (κ1) is 12.5. The van der Waals surface area contributed by atoms with E-state index >= 15 is 0 Å². The molecule has 0 aromatic heterocycles. The van der Waals surface area contributed by atoms with Gasteiger partial charge in [0.1, 0.15) is 0 Å². The molecule has 3 heteroatoms. The summed E-state index contributed by atoms with van der Waals surface area (Å²) in [6.45, 7) is 6.32. The van der Waals surface area contributed by atoms with E-state index in [0.29, 0.717) is 5.41 Å². The van der Waals surface area contributed by atoms with Crippen LogP contribution in [0.5, 0.6) is 0 Å². The molecule has 1 atom stereocenters. The van der Waals surface area contributed by atoms with Gasteiger partial charge in [0.25, 0.3) is 0 Å². The van der Waals surface area contributed by atoms with Crippen molar-refractivity contribution < 1.29 is 14.3 Å². The summed E-state index contributed by atoms with van der Waals surface area (Å²) in [5.74, 6) is -0.278. The summed E-state index contributed by atoms with van der Waals surface area (Å²) in [4.78, 5) is 11.2. The molecule has 3 nitrogen and oxygen atoms in total. The van der Waals surface area contributed by atoms with Gasteiger partial charge in [-0.25, -0.2) is 4.79 Å². The fourth-order valence-electron chi connectivity index (χ4n) is 2.02. The molecular weight excluding hydrogens is 192 g/mol. The number of carbonyl (C=O) groups excluding carboxylic acids is 1. The molecule has 88 valence electrons. The van der Waals surface area contributed by atoms with Crippen molar-refractivity contribution in [2.75, 3.05) is 7.11 Å². The highest BCUT2D eigenvalue weighted by Crippen LogP contribution is 2.36. The highest BCUT2D eigenvalue weighted by Gasteiger charge is 2.29. The SMILES string of the molecule is COC(=O)C(C)OC1CCC(C)(C)CC1. The minimum atomic E-state index is -0.429. The Hall–Kier alpha value is -0.570. The number of hydrogen-bond donors (Lipinski definition) is 0. The first-order chi connectivity index (χ1) is 6.94. The van der Waals surface area contributed by atoms with E-state index in [0.717, 1.165) is 12.8 Å². The van der Waals surface area contributed by atoms with Gasteiger partial charge in [0.05, 0.1) is 13.2 Å². The van der Waals surface area contributed by atoms with E-state index in [2.05, 4.69) is 18.6 Å². The zero-order valence-corrected chi connectivity index (χ0v) is 10.2. The van der Waals surface area contributed by atoms with E-state index < -0.39 is 6.10 Å². The first-order valence-electron chi connectivity index (χ1n) is 5.68. The Kier molecular flexibility index (Phi) is 4.14. The molecule has 1 unspecified atom stereocenters. The van der Waals surface area contributed by atoms with Crippen LogP contribution in [0, 0.1) is 5.41 Å². The summed E-state index contributed by atoms with van der Waals surface area (Å²) in [6, 6.07) is 0. The van der Waals surface area contributed by atoms with Crippen LogP contribution in [0.2, 0.25) is 0 Å². The Morgan fingerprint density at radius 3 is 2.33 bits per heavy atom. The Labute approximate surface area is 92.1 Å². The molecule has 0 spiro atoms. The second-order valence-electron chi connectivity index (χ2n) is 5.17. The Morgan fingerprint density at radius 1 is 1.33 bits per heavy atom. The van der Waals surface area contributed by atoms with Gasteiger partial charge in [-0.3, -0.25) is 0 Å². The highest BCUT2D eigenvalue weighted by atomic mass is 16.6. The monoisotopic (exact) mass is 214 g/mol. The molecule has 1 rings (SSSR count). The predicted octanol–water partition coefficient (Wildman–Crippen LogP) is 2.53. The van der Waals surface area contributed by atoms with Crippen LogP contribution in [0.4, 0.5) is 0 Å². The molecule has 0 amide bonds. The summed E-state index contributed by atoms with van der Waals surface area (Å²) in [7, 11) is 1.40. The lowest BCUT2D eigenvalue weighted by Crippen LogP contribution is -2.32. The van der Waals surface area contributed by atoms with E-state index in [-0.39, 0.29) is 12.1 Å². The van der Waals surface area contributed by atoms with Gasteiger partial charge in [-0.05, 0) is 38.0 Å². The van der Waals surface area contributed by atoms with Crippen molar-refractivity contribution in [1.29, 1.82) is 0 Å². The molecule has 1 aliphatic carbocycles. The number of methoxy groups -OCH3 is 1. The van der Waals surface area contributed by atoms with E-state index in [1.165, 1.54) is 20.0 Å². The lowest BCUT2D eigenvalue weighted by molar-refractivity contribution is -0.158. The topological polar surface area (TPSA) is 35.5 Å². The van der Waals surface area contributed by atoms with Crippen LogP contribution >= 0.6 is 0 Å². The predicted molar refractivity (Wildman–Crippen MR) is 58.6 cm³/mol. The number of hydrogen-bond acceptors (Lipinski definition) is 3. The van der Waals surface area contributed by atoms with Gasteiger partial charge >= 0.3 is 5.97 Å². The molecule has 15 heavy (non-hydrogen) atoms. The maximum absolute atomic E-state index is 11.2. The fourth-order valence-corrected chi connectivity index (χ4v) is 2.02. The van der Waals surface area contributed by atoms with E-state index in [9.17, 15) is 4.79 Å². The number of ether oxygens (including phenoxy) is 2. The van der Waals surface area contributed by atoms with Gasteiger partial charge in [-0.2, -0.15) is 0 Å². The zero-order valence-electron chi connectivity index (χ0n) is 10.2. The largest absolute Gasteiger partial charge is 0.467 e. The number of carbonyl (C=O) groups is 1. The summed E-state index contributed by atoms with van der Waals surface area (Å²) in [5.41, 5.74) is 0.439. The van der Waals surface area contributed by atoms with Gasteiger partial charge < -0.3 is 9.47 Å². The Morgan fingerprint density at radius 2 is 1.87 bits per heavy atom. The lowest BCUT2D eigenvalue weighted by atomic mass is 9.76. The second kappa shape index (κ2) is 4.97. The molecular formula is C12H22O3. The molecule has 0 bridgehead atoms. The minimum absolute atomic E-state index is 0.229. The van der Waals surface area contributed by atoms with E-state index in [4.69, 9.17) is 4.74 Å². The van der Waals surface area contributed by atoms with Crippen molar-refractivity contribution >= 4 is 5.97 Å². The lowest BCUT2D eigenvalue weighted by Gasteiger charge is -2.34. The first-order valence-corrected chi connectivity index (χ1v) is 5.68. The van der Waals surface area contributed by atoms with Crippen molar-refractivity contribution in [2.45, 2.75) is 58.7 Å². The molecule has 0 N–H and O–H groups in total. The van der Waals surface area contributed by atoms with Gasteiger partial charge in [-0.1, -0.05) is 13.8 Å². The molecule has 0 aromatic carbocycles. The van der Waals surface area contributed by atoms with Gasteiger partial charge in [-0.15, -0.1) is 0 Å². The molecule has 0 heterocycles. The van der Waals surface area contributed by atoms with Crippen LogP contribution in [0.15, 0.2) is 0 Å². The quantitative estimate of drug-likeness (QED) is 0.677. The molecule has 0 saturated heterocycles. The average Bonchev–Trinajstić information content (AvgIpc) is 2.20. The van der Waals surface area contributed by atoms with Crippen LogP contribution < -0.4 is 0 Å². The van der Waals surface area contributed by atoms with E-state index in [1.54, 1.807) is 6.92 Å². The van der Waals surface area contributed by atoms with Crippen molar-refractivity contribution in [3.05, 3.63) is 0 Å². The van der Waals surface area contributed by atoms with Gasteiger partial charge in [0.2, 0.25) is 0 Å². The molecule has 1 saturated carbocycles. The van der Waals surface area contributed by atoms with Gasteiger partial charge in [0, 0.05) is 0 Å². The maximum atomic E-state index is 11.2. The van der Waals surface area contributed by atoms with E-state index in [1.807, 2.05) is 0 Å².